The SMILES string of the molecule is CC1=C(C(=O)OCCOc2ccccc2)[C@@H](c2cccc(Cl)c2)C2=C(C[C@@H](c3ccccc3)CC2=O)N1. The summed E-state index contributed by atoms with van der Waals surface area (Å²) in [6.07, 6.45) is 1.07. The highest BCUT2D eigenvalue weighted by molar-refractivity contribution is 6.30. The minimum Gasteiger partial charge on any atom is -0.490 e. The number of Topliss-reactive ketones (excluding diaryl/α,β-unsaturated/α-hetero) is 1. The number of carbonyl (C=O) groups excluding carboxylic acids is 2. The zero-order valence-electron chi connectivity index (χ0n) is 20.6. The average molecular weight is 514 g/mol. The van der Waals surface area contributed by atoms with Crippen molar-refractivity contribution in [1.29, 1.82) is 0 Å². The fraction of sp³-hybridized carbons (Fsp3) is 0.226. The maximum Gasteiger partial charge on any atom is 0.336 e. The molecule has 3 aromatic rings. The van der Waals surface area contributed by atoms with Crippen LogP contribution in [-0.4, -0.2) is 25.0 Å². The van der Waals surface area contributed by atoms with Crippen LogP contribution < -0.4 is 10.1 Å². The fourth-order valence-electron chi connectivity index (χ4n) is 5.18. The van der Waals surface area contributed by atoms with Crippen molar-refractivity contribution in [1.82, 2.24) is 5.32 Å². The fourth-order valence-corrected chi connectivity index (χ4v) is 5.38. The van der Waals surface area contributed by atoms with Crippen LogP contribution in [0.2, 0.25) is 5.02 Å². The summed E-state index contributed by atoms with van der Waals surface area (Å²) in [5, 5.41) is 3.93. The molecule has 188 valence electrons. The van der Waals surface area contributed by atoms with E-state index in [9.17, 15) is 9.59 Å². The number of nitrogens with one attached hydrogen (secondary N) is 1. The summed E-state index contributed by atoms with van der Waals surface area (Å²) in [5.41, 5.74) is 4.50. The van der Waals surface area contributed by atoms with Gasteiger partial charge in [-0.15, -0.1) is 0 Å². The second-order valence-electron chi connectivity index (χ2n) is 9.28. The zero-order valence-corrected chi connectivity index (χ0v) is 21.3. The van der Waals surface area contributed by atoms with Crippen LogP contribution in [0.1, 0.15) is 42.7 Å². The number of hydrogen-bond acceptors (Lipinski definition) is 5. The predicted molar refractivity (Wildman–Crippen MR) is 143 cm³/mol. The highest BCUT2D eigenvalue weighted by Crippen LogP contribution is 2.46. The Bertz CT molecular complexity index is 1360. The van der Waals surface area contributed by atoms with Gasteiger partial charge in [-0.2, -0.15) is 0 Å². The van der Waals surface area contributed by atoms with E-state index < -0.39 is 11.9 Å². The van der Waals surface area contributed by atoms with E-state index in [1.165, 1.54) is 0 Å². The molecule has 1 aliphatic carbocycles. The van der Waals surface area contributed by atoms with Gasteiger partial charge in [0, 0.05) is 34.3 Å². The average Bonchev–Trinajstić information content (AvgIpc) is 2.91. The molecule has 5 rings (SSSR count). The van der Waals surface area contributed by atoms with Gasteiger partial charge in [-0.1, -0.05) is 72.3 Å². The van der Waals surface area contributed by atoms with Crippen LogP contribution in [0.4, 0.5) is 0 Å². The summed E-state index contributed by atoms with van der Waals surface area (Å²) in [5.74, 6) is -0.215. The van der Waals surface area contributed by atoms with Crippen molar-refractivity contribution in [3.63, 3.8) is 0 Å². The first-order valence-electron chi connectivity index (χ1n) is 12.4. The molecule has 1 N–H and O–H groups in total. The van der Waals surface area contributed by atoms with Crippen LogP contribution >= 0.6 is 11.6 Å². The molecule has 0 radical (unpaired) electrons. The van der Waals surface area contributed by atoms with E-state index in [1.54, 1.807) is 6.07 Å². The summed E-state index contributed by atoms with van der Waals surface area (Å²) in [6, 6.07) is 26.8. The van der Waals surface area contributed by atoms with Crippen molar-refractivity contribution in [3.05, 3.63) is 124 Å². The summed E-state index contributed by atoms with van der Waals surface area (Å²) in [4.78, 5) is 27.1. The Labute approximate surface area is 221 Å². The first-order valence-corrected chi connectivity index (χ1v) is 12.8. The second-order valence-corrected chi connectivity index (χ2v) is 9.72. The van der Waals surface area contributed by atoms with Gasteiger partial charge >= 0.3 is 5.97 Å². The third-order valence-corrected chi connectivity index (χ3v) is 7.06. The minimum atomic E-state index is -0.554. The summed E-state index contributed by atoms with van der Waals surface area (Å²) in [7, 11) is 0. The number of hydrogen-bond donors (Lipinski definition) is 1. The maximum absolute atomic E-state index is 13.6. The Morgan fingerprint density at radius 2 is 1.62 bits per heavy atom. The predicted octanol–water partition coefficient (Wildman–Crippen LogP) is 6.32. The van der Waals surface area contributed by atoms with Crippen LogP contribution in [-0.2, 0) is 14.3 Å². The topological polar surface area (TPSA) is 64.6 Å². The molecule has 0 spiro atoms. The summed E-state index contributed by atoms with van der Waals surface area (Å²) in [6.45, 7) is 2.17. The van der Waals surface area contributed by atoms with Gasteiger partial charge in [-0.05, 0) is 54.7 Å². The first-order chi connectivity index (χ1) is 18.0. The Balaban J connectivity index is 1.42. The van der Waals surface area contributed by atoms with Gasteiger partial charge in [-0.3, -0.25) is 4.79 Å². The van der Waals surface area contributed by atoms with Gasteiger partial charge in [0.2, 0.25) is 0 Å². The Kier molecular flexibility index (Phi) is 7.42. The third-order valence-electron chi connectivity index (χ3n) is 6.83. The van der Waals surface area contributed by atoms with Gasteiger partial charge in [0.15, 0.2) is 5.78 Å². The summed E-state index contributed by atoms with van der Waals surface area (Å²) >= 11 is 6.34. The van der Waals surface area contributed by atoms with Crippen LogP contribution in [0.25, 0.3) is 0 Å². The lowest BCUT2D eigenvalue weighted by Crippen LogP contribution is -2.36. The molecule has 2 atom stereocenters. The van der Waals surface area contributed by atoms with E-state index in [1.807, 2.05) is 73.7 Å². The standard InChI is InChI=1S/C31H28ClNO4/c1-20-28(31(35)37-16-15-36-25-13-6-3-7-14-25)29(22-11-8-12-24(32)17-22)30-26(33-20)18-23(19-27(30)34)21-9-4-2-5-10-21/h2-14,17,23,29,33H,15-16,18-19H2,1H3/t23-,29-/m1/s1. The lowest BCUT2D eigenvalue weighted by atomic mass is 9.72. The lowest BCUT2D eigenvalue weighted by Gasteiger charge is -2.36. The molecule has 0 saturated heterocycles. The van der Waals surface area contributed by atoms with Gasteiger partial charge in [0.05, 0.1) is 5.57 Å². The molecular weight excluding hydrogens is 486 g/mol. The van der Waals surface area contributed by atoms with Crippen molar-refractivity contribution >= 4 is 23.4 Å². The van der Waals surface area contributed by atoms with Gasteiger partial charge in [-0.25, -0.2) is 4.79 Å². The molecule has 37 heavy (non-hydrogen) atoms. The van der Waals surface area contributed by atoms with Gasteiger partial charge < -0.3 is 14.8 Å². The molecule has 5 nitrogen and oxygen atoms in total. The molecule has 0 aromatic heterocycles. The normalized spacial score (nSPS) is 19.2. The van der Waals surface area contributed by atoms with Crippen LogP contribution in [0, 0.1) is 0 Å². The van der Waals surface area contributed by atoms with Gasteiger partial charge in [0.1, 0.15) is 19.0 Å². The quantitative estimate of drug-likeness (QED) is 0.295. The molecule has 0 unspecified atom stereocenters. The van der Waals surface area contributed by atoms with E-state index in [0.717, 1.165) is 16.8 Å². The van der Waals surface area contributed by atoms with Crippen molar-refractivity contribution < 1.29 is 19.1 Å². The number of carbonyl (C=O) groups is 2. The number of dihydropyridines is 1. The number of rotatable bonds is 7. The number of para-hydroxylation sites is 1. The first kappa shape index (κ1) is 24.8. The van der Waals surface area contributed by atoms with Crippen molar-refractivity contribution in [2.24, 2.45) is 0 Å². The smallest absolute Gasteiger partial charge is 0.336 e. The molecular formula is C31H28ClNO4. The van der Waals surface area contributed by atoms with Crippen molar-refractivity contribution in [2.45, 2.75) is 31.6 Å². The Morgan fingerprint density at radius 1 is 0.919 bits per heavy atom. The minimum absolute atomic E-state index is 0.0257. The van der Waals surface area contributed by atoms with E-state index in [0.29, 0.717) is 40.5 Å². The van der Waals surface area contributed by atoms with Crippen LogP contribution in [0.5, 0.6) is 5.75 Å². The molecule has 6 heteroatoms. The maximum atomic E-state index is 13.6. The number of allylic oxidation sites excluding steroid dienone is 3. The van der Waals surface area contributed by atoms with E-state index in [2.05, 4.69) is 17.4 Å². The molecule has 3 aromatic carbocycles. The number of benzene rings is 3. The Hall–Kier alpha value is -3.83. The lowest BCUT2D eigenvalue weighted by molar-refractivity contribution is -0.140. The van der Waals surface area contributed by atoms with E-state index in [-0.39, 0.29) is 24.9 Å². The van der Waals surface area contributed by atoms with Crippen LogP contribution in [0.3, 0.4) is 0 Å². The van der Waals surface area contributed by atoms with Gasteiger partial charge in [0.25, 0.3) is 0 Å². The van der Waals surface area contributed by atoms with E-state index in [4.69, 9.17) is 21.1 Å². The number of halogens is 1. The monoisotopic (exact) mass is 513 g/mol. The van der Waals surface area contributed by atoms with Crippen LogP contribution in [0.15, 0.2) is 107 Å². The second kappa shape index (κ2) is 11.1. The number of esters is 1. The molecule has 2 aliphatic rings. The number of ketones is 1. The van der Waals surface area contributed by atoms with E-state index >= 15 is 0 Å². The molecule has 1 heterocycles. The molecule has 0 saturated carbocycles. The molecule has 0 fully saturated rings. The summed E-state index contributed by atoms with van der Waals surface area (Å²) < 4.78 is 11.3. The highest BCUT2D eigenvalue weighted by atomic mass is 35.5. The highest BCUT2D eigenvalue weighted by Gasteiger charge is 2.41. The number of ether oxygens (including phenoxy) is 2. The zero-order chi connectivity index (χ0) is 25.8. The Morgan fingerprint density at radius 3 is 2.35 bits per heavy atom. The van der Waals surface area contributed by atoms with Crippen molar-refractivity contribution in [2.75, 3.05) is 13.2 Å². The molecule has 0 bridgehead atoms. The molecule has 1 aliphatic heterocycles. The largest absolute Gasteiger partial charge is 0.490 e. The third kappa shape index (κ3) is 5.47. The molecule has 0 amide bonds. The van der Waals surface area contributed by atoms with Crippen molar-refractivity contribution in [3.8, 4) is 5.75 Å².